The lowest BCUT2D eigenvalue weighted by Gasteiger charge is -2.20. The summed E-state index contributed by atoms with van der Waals surface area (Å²) in [6.45, 7) is 1.58. The Kier molecular flexibility index (Phi) is 3.72. The number of rotatable bonds is 2. The average molecular weight is 243 g/mol. The lowest BCUT2D eigenvalue weighted by Crippen LogP contribution is -2.30. The highest BCUT2D eigenvalue weighted by molar-refractivity contribution is 5.28. The van der Waals surface area contributed by atoms with Gasteiger partial charge in [0.05, 0.1) is 6.42 Å². The molecule has 1 aliphatic heterocycles. The van der Waals surface area contributed by atoms with Crippen molar-refractivity contribution in [3.63, 3.8) is 0 Å². The summed E-state index contributed by atoms with van der Waals surface area (Å²) in [6, 6.07) is 8.12. The largest absolute Gasteiger partial charge is 0.390 e. The van der Waals surface area contributed by atoms with Gasteiger partial charge in [-0.25, -0.2) is 0 Å². The van der Waals surface area contributed by atoms with Crippen LogP contribution < -0.4 is 0 Å². The maximum absolute atomic E-state index is 12.1. The van der Waals surface area contributed by atoms with Crippen molar-refractivity contribution in [1.29, 1.82) is 0 Å². The highest BCUT2D eigenvalue weighted by atomic mass is 19.4. The zero-order chi connectivity index (χ0) is 12.3. The topological polar surface area (TPSA) is 3.24 Å². The molecule has 4 heteroatoms. The monoisotopic (exact) mass is 243 g/mol. The van der Waals surface area contributed by atoms with E-state index >= 15 is 0 Å². The van der Waals surface area contributed by atoms with E-state index in [0.717, 1.165) is 25.9 Å². The van der Waals surface area contributed by atoms with Crippen LogP contribution in [0.4, 0.5) is 13.2 Å². The molecule has 1 nitrogen and oxygen atoms in total. The fraction of sp³-hybridized carbons (Fsp3) is 0.538. The van der Waals surface area contributed by atoms with Crippen LogP contribution >= 0.6 is 0 Å². The summed E-state index contributed by atoms with van der Waals surface area (Å²) in [5.74, 6) is 0. The van der Waals surface area contributed by atoms with Crippen molar-refractivity contribution in [2.24, 2.45) is 0 Å². The molecule has 1 aromatic carbocycles. The molecule has 94 valence electrons. The first-order chi connectivity index (χ1) is 8.04. The Balaban J connectivity index is 1.91. The molecular weight excluding hydrogens is 227 g/mol. The van der Waals surface area contributed by atoms with Gasteiger partial charge >= 0.3 is 6.18 Å². The van der Waals surface area contributed by atoms with E-state index in [9.17, 15) is 13.2 Å². The Morgan fingerprint density at radius 1 is 1.00 bits per heavy atom. The van der Waals surface area contributed by atoms with Gasteiger partial charge < -0.3 is 4.90 Å². The van der Waals surface area contributed by atoms with Gasteiger partial charge in [0.2, 0.25) is 0 Å². The van der Waals surface area contributed by atoms with Crippen molar-refractivity contribution in [3.8, 4) is 0 Å². The molecular formula is C13H16F3N. The van der Waals surface area contributed by atoms with E-state index in [1.807, 2.05) is 17.0 Å². The smallest absolute Gasteiger partial charge is 0.302 e. The molecule has 0 amide bonds. The number of alkyl halides is 3. The molecule has 17 heavy (non-hydrogen) atoms. The molecule has 0 unspecified atom stereocenters. The SMILES string of the molecule is FC(F)(F)CCN1CCc2ccccc2CC1. The quantitative estimate of drug-likeness (QED) is 0.771. The summed E-state index contributed by atoms with van der Waals surface area (Å²) < 4.78 is 36.4. The number of benzene rings is 1. The minimum atomic E-state index is -4.04. The van der Waals surface area contributed by atoms with E-state index in [0.29, 0.717) is 0 Å². The number of fused-ring (bicyclic) bond motifs is 1. The third-order valence-corrected chi connectivity index (χ3v) is 3.22. The van der Waals surface area contributed by atoms with Crippen LogP contribution in [0.5, 0.6) is 0 Å². The standard InChI is InChI=1S/C13H16F3N/c14-13(15,16)7-10-17-8-5-11-3-1-2-4-12(11)6-9-17/h1-4H,5-10H2. The highest BCUT2D eigenvalue weighted by Gasteiger charge is 2.28. The summed E-state index contributed by atoms with van der Waals surface area (Å²) >= 11 is 0. The molecule has 1 aromatic rings. The van der Waals surface area contributed by atoms with Gasteiger partial charge in [0.15, 0.2) is 0 Å². The molecule has 2 rings (SSSR count). The maximum atomic E-state index is 12.1. The van der Waals surface area contributed by atoms with Crippen molar-refractivity contribution < 1.29 is 13.2 Å². The number of hydrogen-bond acceptors (Lipinski definition) is 1. The lowest BCUT2D eigenvalue weighted by molar-refractivity contribution is -0.137. The van der Waals surface area contributed by atoms with E-state index in [4.69, 9.17) is 0 Å². The second-order valence-corrected chi connectivity index (χ2v) is 4.48. The van der Waals surface area contributed by atoms with Crippen LogP contribution in [-0.2, 0) is 12.8 Å². The van der Waals surface area contributed by atoms with E-state index in [1.165, 1.54) is 11.1 Å². The Bertz CT molecular complexity index is 346. The summed E-state index contributed by atoms with van der Waals surface area (Å²) in [7, 11) is 0. The van der Waals surface area contributed by atoms with E-state index in [-0.39, 0.29) is 6.54 Å². The van der Waals surface area contributed by atoms with Crippen molar-refractivity contribution in [2.75, 3.05) is 19.6 Å². The Morgan fingerprint density at radius 2 is 1.53 bits per heavy atom. The molecule has 0 saturated carbocycles. The van der Waals surface area contributed by atoms with E-state index in [2.05, 4.69) is 12.1 Å². The fourth-order valence-electron chi connectivity index (χ4n) is 2.22. The molecule has 0 fully saturated rings. The molecule has 0 atom stereocenters. The molecule has 0 aliphatic carbocycles. The Morgan fingerprint density at radius 3 is 2.00 bits per heavy atom. The molecule has 0 N–H and O–H groups in total. The van der Waals surface area contributed by atoms with Crippen LogP contribution in [0, 0.1) is 0 Å². The summed E-state index contributed by atoms with van der Waals surface area (Å²) in [6.07, 6.45) is -3.04. The molecule has 0 radical (unpaired) electrons. The Hall–Kier alpha value is -1.03. The first kappa shape index (κ1) is 12.4. The van der Waals surface area contributed by atoms with Gasteiger partial charge in [0, 0.05) is 19.6 Å². The molecule has 1 heterocycles. The lowest BCUT2D eigenvalue weighted by atomic mass is 10.0. The zero-order valence-corrected chi connectivity index (χ0v) is 9.63. The molecule has 0 saturated heterocycles. The second-order valence-electron chi connectivity index (χ2n) is 4.48. The fourth-order valence-corrected chi connectivity index (χ4v) is 2.22. The van der Waals surface area contributed by atoms with Crippen molar-refractivity contribution >= 4 is 0 Å². The third kappa shape index (κ3) is 3.73. The average Bonchev–Trinajstić information content (AvgIpc) is 2.48. The number of nitrogens with zero attached hydrogens (tertiary/aromatic N) is 1. The molecule has 0 spiro atoms. The van der Waals surface area contributed by atoms with Gasteiger partial charge in [-0.3, -0.25) is 0 Å². The third-order valence-electron chi connectivity index (χ3n) is 3.22. The van der Waals surface area contributed by atoms with Crippen LogP contribution in [0.25, 0.3) is 0 Å². The summed E-state index contributed by atoms with van der Waals surface area (Å²) in [5, 5.41) is 0. The molecule has 0 bridgehead atoms. The summed E-state index contributed by atoms with van der Waals surface area (Å²) in [4.78, 5) is 1.91. The number of hydrogen-bond donors (Lipinski definition) is 0. The van der Waals surface area contributed by atoms with E-state index in [1.54, 1.807) is 0 Å². The number of halogens is 3. The molecule has 0 aromatic heterocycles. The van der Waals surface area contributed by atoms with Crippen LogP contribution in [0.1, 0.15) is 17.5 Å². The van der Waals surface area contributed by atoms with E-state index < -0.39 is 12.6 Å². The maximum Gasteiger partial charge on any atom is 0.390 e. The minimum absolute atomic E-state index is 0.123. The first-order valence-electron chi connectivity index (χ1n) is 5.90. The predicted octanol–water partition coefficient (Wildman–Crippen LogP) is 3.04. The van der Waals surface area contributed by atoms with Crippen molar-refractivity contribution in [1.82, 2.24) is 4.90 Å². The Labute approximate surface area is 99.2 Å². The van der Waals surface area contributed by atoms with Crippen molar-refractivity contribution in [2.45, 2.75) is 25.4 Å². The first-order valence-corrected chi connectivity index (χ1v) is 5.90. The summed E-state index contributed by atoms with van der Waals surface area (Å²) in [5.41, 5.74) is 2.56. The van der Waals surface area contributed by atoms with Gasteiger partial charge in [-0.2, -0.15) is 13.2 Å². The second kappa shape index (κ2) is 5.08. The normalized spacial score (nSPS) is 17.6. The highest BCUT2D eigenvalue weighted by Crippen LogP contribution is 2.21. The van der Waals surface area contributed by atoms with Gasteiger partial charge in [-0.05, 0) is 24.0 Å². The zero-order valence-electron chi connectivity index (χ0n) is 9.63. The van der Waals surface area contributed by atoms with Crippen LogP contribution in [0.2, 0.25) is 0 Å². The van der Waals surface area contributed by atoms with Crippen LogP contribution in [-0.4, -0.2) is 30.7 Å². The minimum Gasteiger partial charge on any atom is -0.302 e. The van der Waals surface area contributed by atoms with Crippen LogP contribution in [0.3, 0.4) is 0 Å². The van der Waals surface area contributed by atoms with Crippen LogP contribution in [0.15, 0.2) is 24.3 Å². The van der Waals surface area contributed by atoms with Gasteiger partial charge in [0.1, 0.15) is 0 Å². The van der Waals surface area contributed by atoms with Gasteiger partial charge in [0.25, 0.3) is 0 Å². The molecule has 1 aliphatic rings. The van der Waals surface area contributed by atoms with Gasteiger partial charge in [-0.1, -0.05) is 24.3 Å². The van der Waals surface area contributed by atoms with Gasteiger partial charge in [-0.15, -0.1) is 0 Å². The predicted molar refractivity (Wildman–Crippen MR) is 61.0 cm³/mol. The van der Waals surface area contributed by atoms with Crippen molar-refractivity contribution in [3.05, 3.63) is 35.4 Å².